The van der Waals surface area contributed by atoms with Gasteiger partial charge in [0.05, 0.1) is 17.7 Å². The lowest BCUT2D eigenvalue weighted by atomic mass is 10.00. The highest BCUT2D eigenvalue weighted by molar-refractivity contribution is 5.79. The second-order valence-corrected chi connectivity index (χ2v) is 6.98. The number of aromatic nitrogens is 2. The topological polar surface area (TPSA) is 64.2 Å². The van der Waals surface area contributed by atoms with Gasteiger partial charge >= 0.3 is 0 Å². The van der Waals surface area contributed by atoms with E-state index in [1.165, 1.54) is 5.56 Å². The number of carbonyl (C=O) groups excluding carboxylic acids is 1. The number of hydrogen-bond acceptors (Lipinski definition) is 3. The van der Waals surface area contributed by atoms with E-state index in [1.54, 1.807) is 6.33 Å². The van der Waals surface area contributed by atoms with Crippen LogP contribution in [0.25, 0.3) is 22.5 Å². The van der Waals surface area contributed by atoms with E-state index in [2.05, 4.69) is 67.3 Å². The predicted octanol–water partition coefficient (Wildman–Crippen LogP) is 3.72. The van der Waals surface area contributed by atoms with Gasteiger partial charge in [-0.15, -0.1) is 0 Å². The molecule has 140 valence electrons. The zero-order valence-electron chi connectivity index (χ0n) is 16.1. The van der Waals surface area contributed by atoms with Crippen LogP contribution in [0.2, 0.25) is 0 Å². The van der Waals surface area contributed by atoms with Crippen LogP contribution in [-0.4, -0.2) is 34.5 Å². The van der Waals surface area contributed by atoms with Crippen molar-refractivity contribution in [3.8, 4) is 22.5 Å². The molecule has 5 heteroatoms. The molecule has 0 unspecified atom stereocenters. The lowest BCUT2D eigenvalue weighted by molar-refractivity contribution is -0.118. The van der Waals surface area contributed by atoms with Crippen LogP contribution < -0.4 is 5.73 Å². The van der Waals surface area contributed by atoms with Crippen molar-refractivity contribution < 1.29 is 4.79 Å². The van der Waals surface area contributed by atoms with Crippen molar-refractivity contribution in [2.24, 2.45) is 5.73 Å². The number of benzene rings is 2. The Kier molecular flexibility index (Phi) is 5.72. The molecular weight excluding hydrogens is 336 g/mol. The molecule has 0 fully saturated rings. The molecule has 1 aromatic heterocycles. The predicted molar refractivity (Wildman–Crippen MR) is 109 cm³/mol. The minimum Gasteiger partial charge on any atom is -0.370 e. The van der Waals surface area contributed by atoms with Gasteiger partial charge in [0, 0.05) is 30.1 Å². The lowest BCUT2D eigenvalue weighted by Crippen LogP contribution is -2.16. The summed E-state index contributed by atoms with van der Waals surface area (Å²) in [6.45, 7) is 2.69. The molecule has 2 aromatic carbocycles. The van der Waals surface area contributed by atoms with Crippen LogP contribution in [0.5, 0.6) is 0 Å². The summed E-state index contributed by atoms with van der Waals surface area (Å²) in [4.78, 5) is 18.1. The number of nitrogens with zero attached hydrogens (tertiary/aromatic N) is 3. The van der Waals surface area contributed by atoms with Crippen molar-refractivity contribution in [2.45, 2.75) is 25.9 Å². The first-order valence-electron chi connectivity index (χ1n) is 9.13. The molecular formula is C22H26N4O. The molecule has 0 spiro atoms. The van der Waals surface area contributed by atoms with E-state index in [0.717, 1.165) is 22.5 Å². The number of carbonyl (C=O) groups is 1. The molecule has 1 atom stereocenters. The normalized spacial score (nSPS) is 12.3. The largest absolute Gasteiger partial charge is 0.370 e. The summed E-state index contributed by atoms with van der Waals surface area (Å²) in [6, 6.07) is 18.9. The van der Waals surface area contributed by atoms with Crippen molar-refractivity contribution >= 4 is 5.91 Å². The minimum atomic E-state index is -0.314. The molecule has 0 radical (unpaired) electrons. The van der Waals surface area contributed by atoms with Crippen LogP contribution in [0, 0.1) is 0 Å². The Morgan fingerprint density at radius 1 is 1.11 bits per heavy atom. The molecule has 0 saturated carbocycles. The van der Waals surface area contributed by atoms with Crippen LogP contribution in [0.4, 0.5) is 0 Å². The van der Waals surface area contributed by atoms with E-state index in [9.17, 15) is 4.79 Å². The van der Waals surface area contributed by atoms with E-state index >= 15 is 0 Å². The summed E-state index contributed by atoms with van der Waals surface area (Å²) < 4.78 is 2.02. The van der Waals surface area contributed by atoms with Crippen LogP contribution in [-0.2, 0) is 11.3 Å². The van der Waals surface area contributed by atoms with Crippen LogP contribution in [0.15, 0.2) is 60.9 Å². The quantitative estimate of drug-likeness (QED) is 0.697. The van der Waals surface area contributed by atoms with Gasteiger partial charge in [-0.05, 0) is 32.6 Å². The van der Waals surface area contributed by atoms with Gasteiger partial charge in [-0.2, -0.15) is 0 Å². The lowest BCUT2D eigenvalue weighted by Gasteiger charge is -2.21. The number of primary amides is 1. The molecule has 0 aliphatic heterocycles. The Morgan fingerprint density at radius 3 is 2.48 bits per heavy atom. The van der Waals surface area contributed by atoms with Crippen LogP contribution >= 0.6 is 0 Å². The van der Waals surface area contributed by atoms with E-state index in [4.69, 9.17) is 5.73 Å². The van der Waals surface area contributed by atoms with Crippen molar-refractivity contribution in [1.82, 2.24) is 14.5 Å². The minimum absolute atomic E-state index is 0.283. The highest BCUT2D eigenvalue weighted by atomic mass is 16.1. The van der Waals surface area contributed by atoms with Gasteiger partial charge in [-0.25, -0.2) is 4.98 Å². The Balaban J connectivity index is 2.10. The summed E-state index contributed by atoms with van der Waals surface area (Å²) in [5.41, 5.74) is 10.7. The molecule has 3 aromatic rings. The van der Waals surface area contributed by atoms with Crippen molar-refractivity contribution in [3.05, 3.63) is 66.5 Å². The maximum absolute atomic E-state index is 11.3. The van der Waals surface area contributed by atoms with E-state index < -0.39 is 0 Å². The molecule has 3 rings (SSSR count). The first kappa shape index (κ1) is 18.9. The van der Waals surface area contributed by atoms with Crippen LogP contribution in [0.1, 0.15) is 24.9 Å². The monoisotopic (exact) mass is 362 g/mol. The average molecular weight is 362 g/mol. The molecule has 27 heavy (non-hydrogen) atoms. The maximum Gasteiger partial charge on any atom is 0.219 e. The zero-order valence-corrected chi connectivity index (χ0v) is 16.1. The third-order valence-corrected chi connectivity index (χ3v) is 4.90. The van der Waals surface area contributed by atoms with Crippen molar-refractivity contribution in [3.63, 3.8) is 0 Å². The molecule has 0 aliphatic rings. The van der Waals surface area contributed by atoms with Gasteiger partial charge in [-0.3, -0.25) is 4.79 Å². The standard InChI is InChI=1S/C22H26N4O/c1-16(25(2)3)18-10-7-11-19(14-18)22-21(17-8-5-4-6-9-17)24-15-26(22)13-12-20(23)27/h4-11,14-16H,12-13H2,1-3H3,(H2,23,27)/t16-/m1/s1. The highest BCUT2D eigenvalue weighted by Gasteiger charge is 2.17. The SMILES string of the molecule is C[C@H](c1cccc(-c2c(-c3ccccc3)ncn2CCC(N)=O)c1)N(C)C. The van der Waals surface area contributed by atoms with Crippen molar-refractivity contribution in [1.29, 1.82) is 0 Å². The Morgan fingerprint density at radius 2 is 1.81 bits per heavy atom. The molecule has 2 N–H and O–H groups in total. The molecule has 0 saturated heterocycles. The zero-order chi connectivity index (χ0) is 19.4. The summed E-state index contributed by atoms with van der Waals surface area (Å²) >= 11 is 0. The Hall–Kier alpha value is -2.92. The third kappa shape index (κ3) is 4.26. The molecule has 1 heterocycles. The van der Waals surface area contributed by atoms with Gasteiger partial charge in [0.1, 0.15) is 0 Å². The molecule has 0 aliphatic carbocycles. The van der Waals surface area contributed by atoms with Crippen molar-refractivity contribution in [2.75, 3.05) is 14.1 Å². The Bertz CT molecular complexity index is 915. The molecule has 0 bridgehead atoms. The number of amides is 1. The summed E-state index contributed by atoms with van der Waals surface area (Å²) in [7, 11) is 4.15. The van der Waals surface area contributed by atoms with Gasteiger partial charge in [0.25, 0.3) is 0 Å². The molecule has 1 amide bonds. The fourth-order valence-electron chi connectivity index (χ4n) is 3.14. The third-order valence-electron chi connectivity index (χ3n) is 4.90. The number of aryl methyl sites for hydroxylation is 1. The molecule has 5 nitrogen and oxygen atoms in total. The fourth-order valence-corrected chi connectivity index (χ4v) is 3.14. The first-order valence-corrected chi connectivity index (χ1v) is 9.13. The van der Waals surface area contributed by atoms with Gasteiger partial charge in [0.15, 0.2) is 0 Å². The van der Waals surface area contributed by atoms with E-state index in [0.29, 0.717) is 12.6 Å². The first-order chi connectivity index (χ1) is 13.0. The average Bonchev–Trinajstić information content (AvgIpc) is 3.10. The summed E-state index contributed by atoms with van der Waals surface area (Å²) in [5, 5.41) is 0. The number of rotatable bonds is 7. The van der Waals surface area contributed by atoms with Crippen LogP contribution in [0.3, 0.4) is 0 Å². The highest BCUT2D eigenvalue weighted by Crippen LogP contribution is 2.33. The summed E-state index contributed by atoms with van der Waals surface area (Å²) in [5.74, 6) is -0.314. The maximum atomic E-state index is 11.3. The van der Waals surface area contributed by atoms with Gasteiger partial charge < -0.3 is 15.2 Å². The number of hydrogen-bond donors (Lipinski definition) is 1. The van der Waals surface area contributed by atoms with Gasteiger partial charge in [-0.1, -0.05) is 48.5 Å². The summed E-state index contributed by atoms with van der Waals surface area (Å²) in [6.07, 6.45) is 2.08. The number of imidazole rings is 1. The second kappa shape index (κ2) is 8.18. The second-order valence-electron chi connectivity index (χ2n) is 6.98. The van der Waals surface area contributed by atoms with Gasteiger partial charge in [0.2, 0.25) is 5.91 Å². The smallest absolute Gasteiger partial charge is 0.219 e. The number of nitrogens with two attached hydrogens (primary N) is 1. The van der Waals surface area contributed by atoms with E-state index in [-0.39, 0.29) is 12.3 Å². The fraction of sp³-hybridized carbons (Fsp3) is 0.273. The Labute approximate surface area is 160 Å². The van der Waals surface area contributed by atoms with E-state index in [1.807, 2.05) is 22.8 Å².